The van der Waals surface area contributed by atoms with Crippen LogP contribution in [-0.2, 0) is 0 Å². The molecule has 2 heterocycles. The van der Waals surface area contributed by atoms with Crippen molar-refractivity contribution in [3.8, 4) is 34.8 Å². The number of ketones is 1. The van der Waals surface area contributed by atoms with Gasteiger partial charge in [0.05, 0.1) is 0 Å². The van der Waals surface area contributed by atoms with Gasteiger partial charge in [0.15, 0.2) is 5.78 Å². The van der Waals surface area contributed by atoms with Gasteiger partial charge in [-0.1, -0.05) is 23.7 Å². The summed E-state index contributed by atoms with van der Waals surface area (Å²) in [5.41, 5.74) is 6.61. The van der Waals surface area contributed by atoms with Gasteiger partial charge in [-0.15, -0.1) is 0 Å². The van der Waals surface area contributed by atoms with Crippen molar-refractivity contribution >= 4 is 5.78 Å². The van der Waals surface area contributed by atoms with Crippen LogP contribution in [0.5, 0.6) is 0 Å². The van der Waals surface area contributed by atoms with Crippen LogP contribution in [0, 0.1) is 23.7 Å². The SMILES string of the molecule is O=C1c2ccc(C#Cc3cccnc3)cc2-c2cc(C#Cc3cccnc3)ccc21. The van der Waals surface area contributed by atoms with Crippen LogP contribution in [0.4, 0.5) is 0 Å². The largest absolute Gasteiger partial charge is 0.289 e. The summed E-state index contributed by atoms with van der Waals surface area (Å²) in [6.07, 6.45) is 6.90. The van der Waals surface area contributed by atoms with Gasteiger partial charge in [-0.05, 0) is 71.8 Å². The first-order valence-electron chi connectivity index (χ1n) is 9.45. The lowest BCUT2D eigenvalue weighted by Crippen LogP contribution is -1.94. The summed E-state index contributed by atoms with van der Waals surface area (Å²) in [5, 5.41) is 0. The number of pyridine rings is 2. The van der Waals surface area contributed by atoms with E-state index in [-0.39, 0.29) is 5.78 Å². The zero-order valence-electron chi connectivity index (χ0n) is 15.9. The average Bonchev–Trinajstić information content (AvgIpc) is 3.09. The third kappa shape index (κ3) is 3.37. The Morgan fingerprint density at radius 1 is 0.533 bits per heavy atom. The van der Waals surface area contributed by atoms with Crippen molar-refractivity contribution in [2.24, 2.45) is 0 Å². The lowest BCUT2D eigenvalue weighted by Gasteiger charge is -2.01. The van der Waals surface area contributed by atoms with Crippen LogP contribution >= 0.6 is 0 Å². The van der Waals surface area contributed by atoms with E-state index in [1.54, 1.807) is 24.8 Å². The number of fused-ring (bicyclic) bond motifs is 3. The number of hydrogen-bond donors (Lipinski definition) is 0. The molecule has 3 nitrogen and oxygen atoms in total. The van der Waals surface area contributed by atoms with Crippen molar-refractivity contribution in [3.05, 3.63) is 119 Å². The second-order valence-electron chi connectivity index (χ2n) is 6.83. The van der Waals surface area contributed by atoms with E-state index in [1.807, 2.05) is 60.7 Å². The Balaban J connectivity index is 1.53. The third-order valence-electron chi connectivity index (χ3n) is 4.84. The highest BCUT2D eigenvalue weighted by Crippen LogP contribution is 2.37. The molecule has 0 unspecified atom stereocenters. The van der Waals surface area contributed by atoms with Crippen LogP contribution in [0.2, 0.25) is 0 Å². The van der Waals surface area contributed by atoms with Crippen molar-refractivity contribution in [1.29, 1.82) is 0 Å². The first-order valence-corrected chi connectivity index (χ1v) is 9.45. The van der Waals surface area contributed by atoms with Gasteiger partial charge < -0.3 is 0 Å². The monoisotopic (exact) mass is 382 g/mol. The Morgan fingerprint density at radius 2 is 1.00 bits per heavy atom. The normalized spacial score (nSPS) is 10.9. The number of benzene rings is 2. The molecule has 1 aliphatic carbocycles. The fourth-order valence-electron chi connectivity index (χ4n) is 3.39. The van der Waals surface area contributed by atoms with Crippen LogP contribution in [0.3, 0.4) is 0 Å². The summed E-state index contributed by atoms with van der Waals surface area (Å²) in [6.45, 7) is 0. The second-order valence-corrected chi connectivity index (χ2v) is 6.83. The van der Waals surface area contributed by atoms with Crippen molar-refractivity contribution in [2.75, 3.05) is 0 Å². The van der Waals surface area contributed by atoms with Gasteiger partial charge >= 0.3 is 0 Å². The predicted molar refractivity (Wildman–Crippen MR) is 116 cm³/mol. The quantitative estimate of drug-likeness (QED) is 0.371. The van der Waals surface area contributed by atoms with E-state index in [0.29, 0.717) is 11.1 Å². The molecule has 0 saturated heterocycles. The van der Waals surface area contributed by atoms with Crippen LogP contribution in [-0.4, -0.2) is 15.8 Å². The van der Waals surface area contributed by atoms with Crippen molar-refractivity contribution in [3.63, 3.8) is 0 Å². The Kier molecular flexibility index (Phi) is 4.41. The minimum atomic E-state index is 0.0403. The van der Waals surface area contributed by atoms with Crippen LogP contribution in [0.1, 0.15) is 38.2 Å². The molecule has 138 valence electrons. The number of hydrogen-bond acceptors (Lipinski definition) is 3. The molecule has 0 bridgehead atoms. The fraction of sp³-hybridized carbons (Fsp3) is 0. The summed E-state index contributed by atoms with van der Waals surface area (Å²) < 4.78 is 0. The summed E-state index contributed by atoms with van der Waals surface area (Å²) in [4.78, 5) is 20.9. The molecule has 0 fully saturated rings. The van der Waals surface area contributed by atoms with E-state index in [4.69, 9.17) is 0 Å². The number of carbonyl (C=O) groups is 1. The Morgan fingerprint density at radius 3 is 1.43 bits per heavy atom. The van der Waals surface area contributed by atoms with Gasteiger partial charge in [-0.3, -0.25) is 14.8 Å². The number of rotatable bonds is 0. The van der Waals surface area contributed by atoms with Crippen molar-refractivity contribution < 1.29 is 4.79 Å². The van der Waals surface area contributed by atoms with E-state index in [2.05, 4.69) is 33.6 Å². The van der Waals surface area contributed by atoms with E-state index < -0.39 is 0 Å². The predicted octanol–water partition coefficient (Wildman–Crippen LogP) is 4.49. The highest BCUT2D eigenvalue weighted by molar-refractivity contribution is 6.21. The number of aromatic nitrogens is 2. The fourth-order valence-corrected chi connectivity index (χ4v) is 3.39. The van der Waals surface area contributed by atoms with Gasteiger partial charge in [0.25, 0.3) is 0 Å². The van der Waals surface area contributed by atoms with Crippen molar-refractivity contribution in [2.45, 2.75) is 0 Å². The summed E-state index contributed by atoms with van der Waals surface area (Å²) in [5.74, 6) is 12.6. The van der Waals surface area contributed by atoms with Gasteiger partial charge in [-0.2, -0.15) is 0 Å². The summed E-state index contributed by atoms with van der Waals surface area (Å²) in [7, 11) is 0. The average molecular weight is 382 g/mol. The zero-order valence-corrected chi connectivity index (χ0v) is 15.9. The minimum absolute atomic E-state index is 0.0403. The molecule has 30 heavy (non-hydrogen) atoms. The molecular weight excluding hydrogens is 368 g/mol. The molecule has 2 aromatic carbocycles. The van der Waals surface area contributed by atoms with Crippen LogP contribution in [0.25, 0.3) is 11.1 Å². The molecule has 4 aromatic rings. The molecule has 1 aliphatic rings. The zero-order chi connectivity index (χ0) is 20.3. The molecule has 0 saturated carbocycles. The lowest BCUT2D eigenvalue weighted by molar-refractivity contribution is 0.104. The number of carbonyl (C=O) groups excluding carboxylic acids is 1. The van der Waals surface area contributed by atoms with Gasteiger partial charge in [0.1, 0.15) is 0 Å². The molecule has 0 aliphatic heterocycles. The Bertz CT molecular complexity index is 1290. The maximum Gasteiger partial charge on any atom is 0.194 e. The van der Waals surface area contributed by atoms with Crippen molar-refractivity contribution in [1.82, 2.24) is 9.97 Å². The Hall–Kier alpha value is -4.47. The first kappa shape index (κ1) is 17.6. The maximum absolute atomic E-state index is 12.8. The first-order chi connectivity index (χ1) is 14.8. The highest BCUT2D eigenvalue weighted by atomic mass is 16.1. The molecule has 0 radical (unpaired) electrons. The molecule has 0 amide bonds. The Labute approximate surface area is 174 Å². The maximum atomic E-state index is 12.8. The van der Waals surface area contributed by atoms with E-state index >= 15 is 0 Å². The van der Waals surface area contributed by atoms with Crippen LogP contribution in [0.15, 0.2) is 85.5 Å². The highest BCUT2D eigenvalue weighted by Gasteiger charge is 2.26. The van der Waals surface area contributed by atoms with E-state index in [0.717, 1.165) is 33.4 Å². The number of nitrogens with zero attached hydrogens (tertiary/aromatic N) is 2. The van der Waals surface area contributed by atoms with Gasteiger partial charge in [-0.25, -0.2) is 0 Å². The molecule has 2 aromatic heterocycles. The molecule has 0 atom stereocenters. The lowest BCUT2D eigenvalue weighted by atomic mass is 10.0. The molecular formula is C27H14N2O. The molecule has 0 N–H and O–H groups in total. The van der Waals surface area contributed by atoms with E-state index in [9.17, 15) is 4.79 Å². The van der Waals surface area contributed by atoms with Gasteiger partial charge in [0, 0.05) is 58.2 Å². The summed E-state index contributed by atoms with van der Waals surface area (Å²) in [6, 6.07) is 19.0. The second kappa shape index (κ2) is 7.51. The molecule has 3 heteroatoms. The van der Waals surface area contributed by atoms with E-state index in [1.165, 1.54) is 0 Å². The van der Waals surface area contributed by atoms with Gasteiger partial charge in [0.2, 0.25) is 0 Å². The molecule has 0 spiro atoms. The standard InChI is InChI=1S/C27H14N2O/c30-27-23-11-9-19(5-7-21-3-1-13-28-17-21)15-25(23)26-16-20(10-12-24(26)27)6-8-22-4-2-14-29-18-22/h1-4,9-18H. The smallest absolute Gasteiger partial charge is 0.194 e. The minimum Gasteiger partial charge on any atom is -0.289 e. The third-order valence-corrected chi connectivity index (χ3v) is 4.84. The van der Waals surface area contributed by atoms with Crippen LogP contribution < -0.4 is 0 Å². The molecule has 5 rings (SSSR count). The summed E-state index contributed by atoms with van der Waals surface area (Å²) >= 11 is 0. The topological polar surface area (TPSA) is 42.9 Å².